The highest BCUT2D eigenvalue weighted by Crippen LogP contribution is 2.37. The normalized spacial score (nSPS) is 38.0. The van der Waals surface area contributed by atoms with Crippen molar-refractivity contribution in [3.8, 4) is 0 Å². The average molecular weight is 216 g/mol. The summed E-state index contributed by atoms with van der Waals surface area (Å²) in [5, 5.41) is 0. The van der Waals surface area contributed by atoms with Crippen LogP contribution in [0.3, 0.4) is 0 Å². The lowest BCUT2D eigenvalue weighted by atomic mass is 9.80. The molecule has 16 heavy (non-hydrogen) atoms. The molecule has 1 heterocycles. The van der Waals surface area contributed by atoms with Gasteiger partial charge in [-0.15, -0.1) is 5.73 Å². The molecule has 2 aliphatic carbocycles. The minimum atomic E-state index is 0.326. The van der Waals surface area contributed by atoms with Crippen LogP contribution in [0.4, 0.5) is 0 Å². The summed E-state index contributed by atoms with van der Waals surface area (Å²) in [7, 11) is 0. The van der Waals surface area contributed by atoms with Crippen LogP contribution in [-0.2, 0) is 4.74 Å². The van der Waals surface area contributed by atoms with E-state index in [2.05, 4.69) is 24.0 Å². The van der Waals surface area contributed by atoms with Gasteiger partial charge in [-0.1, -0.05) is 25.0 Å². The van der Waals surface area contributed by atoms with Gasteiger partial charge in [0.15, 0.2) is 0 Å². The fourth-order valence-electron chi connectivity index (χ4n) is 3.24. The van der Waals surface area contributed by atoms with Gasteiger partial charge in [0, 0.05) is 5.57 Å². The highest BCUT2D eigenvalue weighted by molar-refractivity contribution is 5.27. The molecule has 0 aromatic carbocycles. The molecule has 0 N–H and O–H groups in total. The summed E-state index contributed by atoms with van der Waals surface area (Å²) in [6, 6.07) is 0. The monoisotopic (exact) mass is 216 g/mol. The Bertz CT molecular complexity index is 346. The molecule has 1 aliphatic heterocycles. The second kappa shape index (κ2) is 4.61. The fraction of sp³-hybridized carbons (Fsp3) is 0.667. The van der Waals surface area contributed by atoms with E-state index < -0.39 is 0 Å². The third-order valence-electron chi connectivity index (χ3n) is 4.14. The van der Waals surface area contributed by atoms with Gasteiger partial charge in [0.05, 0.1) is 12.2 Å². The van der Waals surface area contributed by atoms with Gasteiger partial charge in [-0.25, -0.2) is 0 Å². The van der Waals surface area contributed by atoms with Crippen LogP contribution in [0.15, 0.2) is 29.5 Å². The van der Waals surface area contributed by atoms with Gasteiger partial charge >= 0.3 is 0 Å². The van der Waals surface area contributed by atoms with E-state index in [1.54, 1.807) is 0 Å². The van der Waals surface area contributed by atoms with Crippen molar-refractivity contribution in [2.24, 2.45) is 5.92 Å². The van der Waals surface area contributed by atoms with Gasteiger partial charge in [0.1, 0.15) is 0 Å². The Kier molecular flexibility index (Phi) is 2.99. The Labute approximate surface area is 97.9 Å². The third-order valence-corrected chi connectivity index (χ3v) is 4.14. The number of allylic oxidation sites excluding steroid dienone is 1. The number of hydrogen-bond acceptors (Lipinski definition) is 1. The highest BCUT2D eigenvalue weighted by atomic mass is 16.5. The molecule has 0 spiro atoms. The molecule has 1 saturated carbocycles. The van der Waals surface area contributed by atoms with Crippen LogP contribution in [-0.4, -0.2) is 12.2 Å². The van der Waals surface area contributed by atoms with Crippen molar-refractivity contribution < 1.29 is 4.74 Å². The number of fused-ring (bicyclic) bond motifs is 1. The lowest BCUT2D eigenvalue weighted by Crippen LogP contribution is -2.37. The van der Waals surface area contributed by atoms with Gasteiger partial charge in [-0.05, 0) is 44.1 Å². The molecule has 1 saturated heterocycles. The van der Waals surface area contributed by atoms with Crippen molar-refractivity contribution in [1.29, 1.82) is 0 Å². The summed E-state index contributed by atoms with van der Waals surface area (Å²) in [5.74, 6) is 0.849. The third kappa shape index (κ3) is 2.03. The first-order valence-electron chi connectivity index (χ1n) is 6.70. The second-order valence-electron chi connectivity index (χ2n) is 5.23. The van der Waals surface area contributed by atoms with Crippen molar-refractivity contribution in [1.82, 2.24) is 0 Å². The van der Waals surface area contributed by atoms with Gasteiger partial charge in [0.2, 0.25) is 0 Å². The Morgan fingerprint density at radius 1 is 1.12 bits per heavy atom. The molecule has 3 atom stereocenters. The van der Waals surface area contributed by atoms with Gasteiger partial charge in [-0.2, -0.15) is 0 Å². The predicted octanol–water partition coefficient (Wildman–Crippen LogP) is 3.77. The average Bonchev–Trinajstić information content (AvgIpc) is 2.39. The minimum Gasteiger partial charge on any atom is -0.369 e. The molecule has 0 bridgehead atoms. The molecule has 3 aliphatic rings. The number of hydrogen-bond donors (Lipinski definition) is 0. The van der Waals surface area contributed by atoms with E-state index in [0.29, 0.717) is 12.2 Å². The van der Waals surface area contributed by atoms with Crippen LogP contribution in [0.25, 0.3) is 0 Å². The Morgan fingerprint density at radius 3 is 2.94 bits per heavy atom. The Morgan fingerprint density at radius 2 is 2.06 bits per heavy atom. The van der Waals surface area contributed by atoms with E-state index in [9.17, 15) is 0 Å². The van der Waals surface area contributed by atoms with E-state index in [1.807, 2.05) is 0 Å². The maximum atomic E-state index is 6.26. The SMILES string of the molecule is C1=CCC=CC=1C1CCC2CCCCC2O1. The number of ether oxygens (including phenoxy) is 1. The number of rotatable bonds is 1. The summed E-state index contributed by atoms with van der Waals surface area (Å²) in [6.07, 6.45) is 16.4. The van der Waals surface area contributed by atoms with E-state index in [0.717, 1.165) is 12.3 Å². The molecule has 1 heteroatoms. The van der Waals surface area contributed by atoms with Crippen LogP contribution in [0.5, 0.6) is 0 Å². The molecular weight excluding hydrogens is 196 g/mol. The van der Waals surface area contributed by atoms with Crippen molar-refractivity contribution in [2.75, 3.05) is 0 Å². The van der Waals surface area contributed by atoms with E-state index in [4.69, 9.17) is 4.74 Å². The summed E-state index contributed by atoms with van der Waals surface area (Å²) in [4.78, 5) is 0. The van der Waals surface area contributed by atoms with E-state index >= 15 is 0 Å². The molecule has 0 aromatic heterocycles. The maximum absolute atomic E-state index is 6.26. The van der Waals surface area contributed by atoms with Crippen LogP contribution < -0.4 is 0 Å². The maximum Gasteiger partial charge on any atom is 0.0900 e. The lowest BCUT2D eigenvalue weighted by molar-refractivity contribution is -0.0822. The van der Waals surface area contributed by atoms with Crippen molar-refractivity contribution in [2.45, 2.75) is 57.2 Å². The highest BCUT2D eigenvalue weighted by Gasteiger charge is 2.33. The molecule has 2 fully saturated rings. The van der Waals surface area contributed by atoms with Crippen LogP contribution >= 0.6 is 0 Å². The first kappa shape index (κ1) is 10.4. The largest absolute Gasteiger partial charge is 0.369 e. The van der Waals surface area contributed by atoms with Crippen molar-refractivity contribution in [3.05, 3.63) is 29.5 Å². The smallest absolute Gasteiger partial charge is 0.0900 e. The van der Waals surface area contributed by atoms with Gasteiger partial charge in [-0.3, -0.25) is 0 Å². The first-order valence-corrected chi connectivity index (χ1v) is 6.70. The zero-order valence-electron chi connectivity index (χ0n) is 9.82. The molecule has 0 amide bonds. The molecule has 3 unspecified atom stereocenters. The zero-order chi connectivity index (χ0) is 10.8. The van der Waals surface area contributed by atoms with E-state index in [1.165, 1.54) is 44.1 Å². The summed E-state index contributed by atoms with van der Waals surface area (Å²) >= 11 is 0. The standard InChI is InChI=1S/C15H20O/c1-2-6-12(7-3-1)15-11-10-13-8-4-5-9-14(13)16-15/h2-3,6,13-15H,1,4-5,8-11H2. The Hall–Kier alpha value is -0.780. The van der Waals surface area contributed by atoms with Crippen molar-refractivity contribution in [3.63, 3.8) is 0 Å². The van der Waals surface area contributed by atoms with Gasteiger partial charge < -0.3 is 4.74 Å². The summed E-state index contributed by atoms with van der Waals surface area (Å²) < 4.78 is 6.26. The van der Waals surface area contributed by atoms with Crippen molar-refractivity contribution >= 4 is 0 Å². The van der Waals surface area contributed by atoms with E-state index in [-0.39, 0.29) is 0 Å². The molecule has 3 rings (SSSR count). The van der Waals surface area contributed by atoms with Crippen LogP contribution in [0.1, 0.15) is 44.9 Å². The summed E-state index contributed by atoms with van der Waals surface area (Å²) in [5.41, 5.74) is 4.64. The summed E-state index contributed by atoms with van der Waals surface area (Å²) in [6.45, 7) is 0. The topological polar surface area (TPSA) is 9.23 Å². The lowest BCUT2D eigenvalue weighted by Gasteiger charge is -2.39. The van der Waals surface area contributed by atoms with Crippen LogP contribution in [0.2, 0.25) is 0 Å². The quantitative estimate of drug-likeness (QED) is 0.606. The minimum absolute atomic E-state index is 0.326. The molecule has 86 valence electrons. The molecule has 0 radical (unpaired) electrons. The van der Waals surface area contributed by atoms with Crippen LogP contribution in [0, 0.1) is 5.92 Å². The first-order chi connectivity index (χ1) is 7.93. The molecule has 1 nitrogen and oxygen atoms in total. The fourth-order valence-corrected chi connectivity index (χ4v) is 3.24. The second-order valence-corrected chi connectivity index (χ2v) is 5.23. The van der Waals surface area contributed by atoms with Gasteiger partial charge in [0.25, 0.3) is 0 Å². The molecular formula is C15H20O. The Balaban J connectivity index is 1.70. The molecule has 0 aromatic rings. The zero-order valence-corrected chi connectivity index (χ0v) is 9.82. The predicted molar refractivity (Wildman–Crippen MR) is 65.2 cm³/mol.